The number of aromatic nitrogens is 2. The monoisotopic (exact) mass is 305 g/mol. The van der Waals surface area contributed by atoms with Crippen molar-refractivity contribution in [3.63, 3.8) is 0 Å². The number of hydrogen-bond acceptors (Lipinski definition) is 7. The first kappa shape index (κ1) is 13.7. The van der Waals surface area contributed by atoms with Crippen LogP contribution in [0.25, 0.3) is 10.2 Å². The second-order valence-corrected chi connectivity index (χ2v) is 6.18. The first-order valence-corrected chi connectivity index (χ1v) is 7.45. The second kappa shape index (κ2) is 4.96. The Balaban J connectivity index is 2.17. The standard InChI is InChI=1S/C13H15N5O2S/c1-3-8-11(20)15-9(19)5-18(8)10-7-4-6(2)21-12(7)17-13(14)16-10/h4,8H,3,5H2,1-2H3,(H2,14,16,17)(H,15,19,20). The summed E-state index contributed by atoms with van der Waals surface area (Å²) in [5.41, 5.74) is 5.77. The molecule has 2 aromatic heterocycles. The third-order valence-corrected chi connectivity index (χ3v) is 4.37. The molecule has 21 heavy (non-hydrogen) atoms. The Morgan fingerprint density at radius 1 is 1.48 bits per heavy atom. The lowest BCUT2D eigenvalue weighted by Gasteiger charge is -2.34. The third kappa shape index (κ3) is 2.31. The number of carbonyl (C=O) groups excluding carboxylic acids is 2. The fraction of sp³-hybridized carbons (Fsp3) is 0.385. The van der Waals surface area contributed by atoms with E-state index in [1.54, 1.807) is 4.90 Å². The van der Waals surface area contributed by atoms with Crippen LogP contribution >= 0.6 is 11.3 Å². The molecule has 0 spiro atoms. The Bertz CT molecular complexity index is 741. The largest absolute Gasteiger partial charge is 0.368 e. The van der Waals surface area contributed by atoms with Gasteiger partial charge >= 0.3 is 0 Å². The summed E-state index contributed by atoms with van der Waals surface area (Å²) in [5, 5.41) is 3.18. The number of imide groups is 1. The number of aryl methyl sites for hydroxylation is 1. The van der Waals surface area contributed by atoms with Crippen molar-refractivity contribution < 1.29 is 9.59 Å². The molecule has 2 amide bonds. The van der Waals surface area contributed by atoms with Gasteiger partial charge < -0.3 is 10.6 Å². The molecule has 1 saturated heterocycles. The third-order valence-electron chi connectivity index (χ3n) is 3.43. The molecule has 0 bridgehead atoms. The van der Waals surface area contributed by atoms with Crippen LogP contribution in [-0.2, 0) is 9.59 Å². The highest BCUT2D eigenvalue weighted by Crippen LogP contribution is 2.33. The predicted molar refractivity (Wildman–Crippen MR) is 81.1 cm³/mol. The van der Waals surface area contributed by atoms with Gasteiger partial charge in [0.05, 0.1) is 11.9 Å². The van der Waals surface area contributed by atoms with Crippen LogP contribution in [0.2, 0.25) is 0 Å². The highest BCUT2D eigenvalue weighted by Gasteiger charge is 2.34. The molecule has 3 heterocycles. The zero-order valence-electron chi connectivity index (χ0n) is 11.7. The molecule has 0 saturated carbocycles. The minimum atomic E-state index is -0.430. The van der Waals surface area contributed by atoms with Crippen molar-refractivity contribution in [1.82, 2.24) is 15.3 Å². The number of nitrogens with two attached hydrogens (primary N) is 1. The number of anilines is 2. The minimum Gasteiger partial charge on any atom is -0.368 e. The van der Waals surface area contributed by atoms with Gasteiger partial charge in [0, 0.05) is 4.88 Å². The summed E-state index contributed by atoms with van der Waals surface area (Å²) in [6.07, 6.45) is 0.577. The number of piperazine rings is 1. The molecule has 1 aliphatic heterocycles. The molecular formula is C13H15N5O2S. The number of nitrogens with zero attached hydrogens (tertiary/aromatic N) is 3. The molecule has 0 aliphatic carbocycles. The van der Waals surface area contributed by atoms with E-state index >= 15 is 0 Å². The fourth-order valence-corrected chi connectivity index (χ4v) is 3.44. The maximum atomic E-state index is 12.0. The first-order chi connectivity index (χ1) is 9.99. The van der Waals surface area contributed by atoms with Crippen LogP contribution in [0.3, 0.4) is 0 Å². The van der Waals surface area contributed by atoms with E-state index in [2.05, 4.69) is 15.3 Å². The Morgan fingerprint density at radius 2 is 2.24 bits per heavy atom. The Kier molecular flexibility index (Phi) is 3.25. The normalized spacial score (nSPS) is 19.1. The lowest BCUT2D eigenvalue weighted by atomic mass is 10.1. The number of amides is 2. The van der Waals surface area contributed by atoms with Crippen molar-refractivity contribution in [1.29, 1.82) is 0 Å². The summed E-state index contributed by atoms with van der Waals surface area (Å²) < 4.78 is 0. The topological polar surface area (TPSA) is 101 Å². The SMILES string of the molecule is CCC1C(=O)NC(=O)CN1c1nc(N)nc2sc(C)cc12. The maximum absolute atomic E-state index is 12.0. The lowest BCUT2D eigenvalue weighted by molar-refractivity contribution is -0.132. The van der Waals surface area contributed by atoms with Crippen LogP contribution in [0.1, 0.15) is 18.2 Å². The van der Waals surface area contributed by atoms with Gasteiger partial charge in [-0.1, -0.05) is 6.92 Å². The summed E-state index contributed by atoms with van der Waals surface area (Å²) in [5.74, 6) is 0.0672. The van der Waals surface area contributed by atoms with Gasteiger partial charge in [-0.2, -0.15) is 4.98 Å². The van der Waals surface area contributed by atoms with Crippen molar-refractivity contribution >= 4 is 45.1 Å². The number of thiophene rings is 1. The number of fused-ring (bicyclic) bond motifs is 1. The van der Waals surface area contributed by atoms with Crippen molar-refractivity contribution in [2.45, 2.75) is 26.3 Å². The fourth-order valence-electron chi connectivity index (χ4n) is 2.56. The zero-order chi connectivity index (χ0) is 15.1. The molecule has 7 nitrogen and oxygen atoms in total. The molecule has 8 heteroatoms. The molecular weight excluding hydrogens is 290 g/mol. The average Bonchev–Trinajstić information content (AvgIpc) is 2.77. The highest BCUT2D eigenvalue weighted by molar-refractivity contribution is 7.18. The molecule has 110 valence electrons. The van der Waals surface area contributed by atoms with Gasteiger partial charge in [-0.3, -0.25) is 14.9 Å². The van der Waals surface area contributed by atoms with Gasteiger partial charge in [0.25, 0.3) is 0 Å². The van der Waals surface area contributed by atoms with E-state index in [0.717, 1.165) is 15.1 Å². The van der Waals surface area contributed by atoms with E-state index in [4.69, 9.17) is 5.73 Å². The molecule has 0 radical (unpaired) electrons. The molecule has 1 aliphatic rings. The Labute approximate surface area is 125 Å². The molecule has 0 aromatic carbocycles. The van der Waals surface area contributed by atoms with Gasteiger partial charge in [-0.05, 0) is 19.4 Å². The molecule has 3 N–H and O–H groups in total. The predicted octanol–water partition coefficient (Wildman–Crippen LogP) is 0.823. The van der Waals surface area contributed by atoms with Gasteiger partial charge in [0.2, 0.25) is 17.8 Å². The number of carbonyl (C=O) groups is 2. The van der Waals surface area contributed by atoms with Gasteiger partial charge in [0.15, 0.2) is 0 Å². The van der Waals surface area contributed by atoms with Crippen molar-refractivity contribution in [3.05, 3.63) is 10.9 Å². The number of rotatable bonds is 2. The number of nitrogens with one attached hydrogen (secondary N) is 1. The van der Waals surface area contributed by atoms with E-state index in [0.29, 0.717) is 12.2 Å². The molecule has 1 atom stereocenters. The van der Waals surface area contributed by atoms with Gasteiger partial charge in [-0.15, -0.1) is 11.3 Å². The van der Waals surface area contributed by atoms with E-state index in [1.807, 2.05) is 19.9 Å². The summed E-state index contributed by atoms with van der Waals surface area (Å²) in [4.78, 5) is 35.7. The van der Waals surface area contributed by atoms with Crippen LogP contribution in [-0.4, -0.2) is 34.4 Å². The summed E-state index contributed by atoms with van der Waals surface area (Å²) >= 11 is 1.51. The first-order valence-electron chi connectivity index (χ1n) is 6.63. The lowest BCUT2D eigenvalue weighted by Crippen LogP contribution is -2.58. The van der Waals surface area contributed by atoms with Crippen molar-refractivity contribution in [2.24, 2.45) is 0 Å². The van der Waals surface area contributed by atoms with E-state index in [9.17, 15) is 9.59 Å². The molecule has 1 unspecified atom stereocenters. The Hall–Kier alpha value is -2.22. The number of hydrogen-bond donors (Lipinski definition) is 2. The van der Waals surface area contributed by atoms with Crippen LogP contribution < -0.4 is 16.0 Å². The average molecular weight is 305 g/mol. The second-order valence-electron chi connectivity index (χ2n) is 4.95. The maximum Gasteiger partial charge on any atom is 0.249 e. The van der Waals surface area contributed by atoms with Crippen molar-refractivity contribution in [3.8, 4) is 0 Å². The van der Waals surface area contributed by atoms with Crippen LogP contribution in [0.5, 0.6) is 0 Å². The van der Waals surface area contributed by atoms with E-state index < -0.39 is 6.04 Å². The molecule has 3 rings (SSSR count). The minimum absolute atomic E-state index is 0.0880. The molecule has 1 fully saturated rings. The molecule has 2 aromatic rings. The van der Waals surface area contributed by atoms with Gasteiger partial charge in [-0.25, -0.2) is 4.98 Å². The van der Waals surface area contributed by atoms with E-state index in [1.165, 1.54) is 11.3 Å². The van der Waals surface area contributed by atoms with Crippen LogP contribution in [0.15, 0.2) is 6.07 Å². The summed E-state index contributed by atoms with van der Waals surface area (Å²) in [6, 6.07) is 1.53. The quantitative estimate of drug-likeness (QED) is 0.797. The van der Waals surface area contributed by atoms with Gasteiger partial charge in [0.1, 0.15) is 16.7 Å². The zero-order valence-corrected chi connectivity index (χ0v) is 12.5. The van der Waals surface area contributed by atoms with Crippen LogP contribution in [0.4, 0.5) is 11.8 Å². The Morgan fingerprint density at radius 3 is 2.95 bits per heavy atom. The summed E-state index contributed by atoms with van der Waals surface area (Å²) in [7, 11) is 0. The van der Waals surface area contributed by atoms with Crippen LogP contribution in [0, 0.1) is 6.92 Å². The highest BCUT2D eigenvalue weighted by atomic mass is 32.1. The summed E-state index contributed by atoms with van der Waals surface area (Å²) in [6.45, 7) is 3.95. The number of nitrogen functional groups attached to an aromatic ring is 1. The van der Waals surface area contributed by atoms with E-state index in [-0.39, 0.29) is 24.3 Å². The van der Waals surface area contributed by atoms with Crippen molar-refractivity contribution in [2.75, 3.05) is 17.2 Å². The smallest absolute Gasteiger partial charge is 0.249 e.